The average molecular weight is 197 g/mol. The Labute approximate surface area is 79.7 Å². The van der Waals surface area contributed by atoms with Crippen molar-refractivity contribution in [1.29, 1.82) is 0 Å². The first kappa shape index (κ1) is 8.95. The van der Waals surface area contributed by atoms with Gasteiger partial charge in [-0.05, 0) is 12.8 Å². The van der Waals surface area contributed by atoms with Gasteiger partial charge < -0.3 is 16.2 Å². The molecule has 1 aromatic rings. The number of amides is 1. The molecule has 1 aliphatic rings. The third-order valence-corrected chi connectivity index (χ3v) is 2.25. The SMILES string of the molecule is Nc1n[nH]c(C(=O)NC2(CO)CC2)n1. The summed E-state index contributed by atoms with van der Waals surface area (Å²) in [6.07, 6.45) is 1.58. The first-order chi connectivity index (χ1) is 6.65. The first-order valence-corrected chi connectivity index (χ1v) is 4.26. The predicted octanol–water partition coefficient (Wildman–Crippen LogP) is -1.36. The number of aliphatic hydroxyl groups is 1. The molecule has 1 heterocycles. The van der Waals surface area contributed by atoms with Crippen molar-refractivity contribution in [2.45, 2.75) is 18.4 Å². The van der Waals surface area contributed by atoms with E-state index in [0.29, 0.717) is 0 Å². The number of rotatable bonds is 3. The van der Waals surface area contributed by atoms with Crippen LogP contribution in [0.5, 0.6) is 0 Å². The topological polar surface area (TPSA) is 117 Å². The summed E-state index contributed by atoms with van der Waals surface area (Å²) < 4.78 is 0. The summed E-state index contributed by atoms with van der Waals surface area (Å²) >= 11 is 0. The number of carbonyl (C=O) groups excluding carboxylic acids is 1. The average Bonchev–Trinajstić information content (AvgIpc) is 2.80. The number of carbonyl (C=O) groups is 1. The number of anilines is 1. The van der Waals surface area contributed by atoms with Crippen molar-refractivity contribution in [3.05, 3.63) is 5.82 Å². The fourth-order valence-corrected chi connectivity index (χ4v) is 1.15. The highest BCUT2D eigenvalue weighted by Gasteiger charge is 2.43. The molecule has 14 heavy (non-hydrogen) atoms. The lowest BCUT2D eigenvalue weighted by Crippen LogP contribution is -2.40. The fourth-order valence-electron chi connectivity index (χ4n) is 1.15. The van der Waals surface area contributed by atoms with Crippen molar-refractivity contribution in [1.82, 2.24) is 20.5 Å². The van der Waals surface area contributed by atoms with E-state index in [0.717, 1.165) is 12.8 Å². The number of aromatic nitrogens is 3. The molecule has 0 spiro atoms. The number of hydrogen-bond acceptors (Lipinski definition) is 5. The number of nitrogens with one attached hydrogen (secondary N) is 2. The van der Waals surface area contributed by atoms with Crippen LogP contribution in [0.4, 0.5) is 5.95 Å². The minimum atomic E-state index is -0.446. The normalized spacial score (nSPS) is 17.8. The highest BCUT2D eigenvalue weighted by molar-refractivity contribution is 5.91. The van der Waals surface area contributed by atoms with Crippen LogP contribution in [-0.2, 0) is 0 Å². The predicted molar refractivity (Wildman–Crippen MR) is 47.3 cm³/mol. The summed E-state index contributed by atoms with van der Waals surface area (Å²) in [5.41, 5.74) is 4.80. The lowest BCUT2D eigenvalue weighted by molar-refractivity contribution is 0.0896. The molecule has 2 rings (SSSR count). The van der Waals surface area contributed by atoms with Crippen molar-refractivity contribution >= 4 is 11.9 Å². The maximum absolute atomic E-state index is 11.5. The monoisotopic (exact) mass is 197 g/mol. The number of aliphatic hydroxyl groups excluding tert-OH is 1. The molecule has 0 saturated heterocycles. The van der Waals surface area contributed by atoms with Gasteiger partial charge in [0.05, 0.1) is 12.1 Å². The van der Waals surface area contributed by atoms with Crippen LogP contribution in [0.3, 0.4) is 0 Å². The van der Waals surface area contributed by atoms with Crippen LogP contribution in [0.25, 0.3) is 0 Å². The summed E-state index contributed by atoms with van der Waals surface area (Å²) in [5, 5.41) is 17.6. The smallest absolute Gasteiger partial charge is 0.289 e. The Kier molecular flexibility index (Phi) is 1.88. The van der Waals surface area contributed by atoms with Crippen LogP contribution in [-0.4, -0.2) is 38.3 Å². The van der Waals surface area contributed by atoms with Gasteiger partial charge in [-0.1, -0.05) is 0 Å². The van der Waals surface area contributed by atoms with E-state index < -0.39 is 5.54 Å². The molecule has 7 nitrogen and oxygen atoms in total. The third kappa shape index (κ3) is 1.53. The van der Waals surface area contributed by atoms with E-state index in [1.807, 2.05) is 0 Å². The van der Waals surface area contributed by atoms with Gasteiger partial charge in [0.25, 0.3) is 5.91 Å². The van der Waals surface area contributed by atoms with E-state index in [-0.39, 0.29) is 24.3 Å². The molecule has 1 amide bonds. The molecule has 0 bridgehead atoms. The molecule has 0 radical (unpaired) electrons. The Morgan fingerprint density at radius 3 is 2.86 bits per heavy atom. The number of nitrogens with zero attached hydrogens (tertiary/aromatic N) is 2. The highest BCUT2D eigenvalue weighted by atomic mass is 16.3. The molecule has 0 aliphatic heterocycles. The third-order valence-electron chi connectivity index (χ3n) is 2.25. The Bertz CT molecular complexity index is 357. The van der Waals surface area contributed by atoms with Gasteiger partial charge >= 0.3 is 0 Å². The van der Waals surface area contributed by atoms with Crippen molar-refractivity contribution in [3.8, 4) is 0 Å². The summed E-state index contributed by atoms with van der Waals surface area (Å²) in [4.78, 5) is 15.1. The molecular weight excluding hydrogens is 186 g/mol. The second-order valence-corrected chi connectivity index (χ2v) is 3.43. The van der Waals surface area contributed by atoms with Crippen LogP contribution in [0.1, 0.15) is 23.5 Å². The Hall–Kier alpha value is -1.63. The number of nitrogen functional groups attached to an aromatic ring is 1. The molecule has 0 atom stereocenters. The van der Waals surface area contributed by atoms with Gasteiger partial charge in [0.1, 0.15) is 0 Å². The van der Waals surface area contributed by atoms with E-state index in [4.69, 9.17) is 10.8 Å². The van der Waals surface area contributed by atoms with Gasteiger partial charge in [-0.15, -0.1) is 5.10 Å². The number of nitrogens with two attached hydrogens (primary N) is 1. The van der Waals surface area contributed by atoms with E-state index in [1.54, 1.807) is 0 Å². The first-order valence-electron chi connectivity index (χ1n) is 4.26. The summed E-state index contributed by atoms with van der Waals surface area (Å²) in [6.45, 7) is -0.0532. The van der Waals surface area contributed by atoms with Crippen LogP contribution < -0.4 is 11.1 Å². The Balaban J connectivity index is 2.03. The minimum Gasteiger partial charge on any atom is -0.394 e. The summed E-state index contributed by atoms with van der Waals surface area (Å²) in [7, 11) is 0. The molecular formula is C7H11N5O2. The van der Waals surface area contributed by atoms with Crippen molar-refractivity contribution in [3.63, 3.8) is 0 Å². The zero-order valence-corrected chi connectivity index (χ0v) is 7.45. The van der Waals surface area contributed by atoms with Crippen molar-refractivity contribution in [2.75, 3.05) is 12.3 Å². The maximum atomic E-state index is 11.5. The van der Waals surface area contributed by atoms with Gasteiger partial charge in [0.2, 0.25) is 11.8 Å². The molecule has 76 valence electrons. The van der Waals surface area contributed by atoms with Crippen LogP contribution >= 0.6 is 0 Å². The van der Waals surface area contributed by atoms with Gasteiger partial charge in [0.15, 0.2) is 0 Å². The lowest BCUT2D eigenvalue weighted by Gasteiger charge is -2.12. The fraction of sp³-hybridized carbons (Fsp3) is 0.571. The number of H-pyrrole nitrogens is 1. The molecule has 7 heteroatoms. The second-order valence-electron chi connectivity index (χ2n) is 3.43. The lowest BCUT2D eigenvalue weighted by atomic mass is 10.3. The molecule has 0 aromatic carbocycles. The molecule has 5 N–H and O–H groups in total. The van der Waals surface area contributed by atoms with Crippen molar-refractivity contribution < 1.29 is 9.90 Å². The van der Waals surface area contributed by atoms with Gasteiger partial charge in [-0.2, -0.15) is 4.98 Å². The van der Waals surface area contributed by atoms with Gasteiger partial charge in [-0.25, -0.2) is 0 Å². The molecule has 1 aliphatic carbocycles. The zero-order chi connectivity index (χ0) is 10.2. The largest absolute Gasteiger partial charge is 0.394 e. The Morgan fingerprint density at radius 2 is 2.43 bits per heavy atom. The summed E-state index contributed by atoms with van der Waals surface area (Å²) in [5.74, 6) is -0.285. The van der Waals surface area contributed by atoms with E-state index >= 15 is 0 Å². The van der Waals surface area contributed by atoms with E-state index in [1.165, 1.54) is 0 Å². The Morgan fingerprint density at radius 1 is 1.71 bits per heavy atom. The van der Waals surface area contributed by atoms with E-state index in [9.17, 15) is 4.79 Å². The quantitative estimate of drug-likeness (QED) is 0.477. The second kappa shape index (κ2) is 2.95. The van der Waals surface area contributed by atoms with Gasteiger partial charge in [0, 0.05) is 0 Å². The maximum Gasteiger partial charge on any atom is 0.289 e. The highest BCUT2D eigenvalue weighted by Crippen LogP contribution is 2.34. The number of aromatic amines is 1. The van der Waals surface area contributed by atoms with Crippen LogP contribution in [0, 0.1) is 0 Å². The number of hydrogen-bond donors (Lipinski definition) is 4. The minimum absolute atomic E-state index is 0.0315. The van der Waals surface area contributed by atoms with Crippen LogP contribution in [0.2, 0.25) is 0 Å². The molecule has 1 saturated carbocycles. The molecule has 1 fully saturated rings. The molecule has 1 aromatic heterocycles. The standard InChI is InChI=1S/C7H11N5O2/c8-6-9-4(11-12-6)5(14)10-7(3-13)1-2-7/h13H,1-3H2,(H,10,14)(H3,8,9,11,12). The zero-order valence-electron chi connectivity index (χ0n) is 7.45. The van der Waals surface area contributed by atoms with Crippen molar-refractivity contribution in [2.24, 2.45) is 0 Å². The van der Waals surface area contributed by atoms with E-state index in [2.05, 4.69) is 20.5 Å². The van der Waals surface area contributed by atoms with Gasteiger partial charge in [-0.3, -0.25) is 9.89 Å². The van der Waals surface area contributed by atoms with Crippen LogP contribution in [0.15, 0.2) is 0 Å². The molecule has 0 unspecified atom stereocenters. The summed E-state index contributed by atoms with van der Waals surface area (Å²) in [6, 6.07) is 0.